The fraction of sp³-hybridized carbons (Fsp3) is 0. The smallest absolute Gasteiger partial charge is 0.186 e. The Morgan fingerprint density at radius 1 is 1.00 bits per heavy atom. The Kier molecular flexibility index (Phi) is 109. The van der Waals surface area contributed by atoms with Crippen LogP contribution in [0.3, 0.4) is 0 Å². The molecule has 0 aliphatic carbocycles. The molecule has 0 amide bonds. The fourth-order valence-electron chi connectivity index (χ4n) is 0. The molecular weight excluding hydrogens is 106 g/mol. The molecule has 0 aromatic rings. The van der Waals surface area contributed by atoms with Gasteiger partial charge in [0.2, 0.25) is 0 Å². The zero-order valence-corrected chi connectivity index (χ0v) is 5.56. The van der Waals surface area contributed by atoms with Crippen molar-refractivity contribution >= 4 is 25.9 Å². The monoisotopic (exact) mass is 112 g/mol. The van der Waals surface area contributed by atoms with E-state index < -0.39 is 0 Å². The molecule has 0 saturated carbocycles. The van der Waals surface area contributed by atoms with E-state index >= 15 is 0 Å². The van der Waals surface area contributed by atoms with Gasteiger partial charge < -0.3 is 0 Å². The van der Waals surface area contributed by atoms with E-state index in [9.17, 15) is 0 Å². The summed E-state index contributed by atoms with van der Waals surface area (Å²) in [5.74, 6) is 0. The Morgan fingerprint density at radius 2 is 1.00 bits per heavy atom. The van der Waals surface area contributed by atoms with Crippen molar-refractivity contribution < 1.29 is 9.59 Å². The van der Waals surface area contributed by atoms with Gasteiger partial charge in [0.1, 0.15) is 0 Å². The second-order valence-electron chi connectivity index (χ2n) is 0.0833. The van der Waals surface area contributed by atoms with E-state index in [1.165, 1.54) is 0 Å². The molecule has 5 heavy (non-hydrogen) atoms. The van der Waals surface area contributed by atoms with E-state index in [0.29, 0.717) is 0 Å². The maximum Gasteiger partial charge on any atom is 0.373 e. The van der Waals surface area contributed by atoms with Crippen molar-refractivity contribution in [2.75, 3.05) is 0 Å². The predicted octanol–water partition coefficient (Wildman–Crippen LogP) is -0.467. The lowest BCUT2D eigenvalue weighted by molar-refractivity contribution is -0.191. The van der Waals surface area contributed by atoms with E-state index in [1.54, 1.807) is 0 Å². The second kappa shape index (κ2) is 28.9. The molecule has 0 N–H and O–H groups in total. The van der Waals surface area contributed by atoms with E-state index in [1.807, 2.05) is 0 Å². The summed E-state index contributed by atoms with van der Waals surface area (Å²) in [6.45, 7) is 0. The van der Waals surface area contributed by atoms with Crippen molar-refractivity contribution in [3.8, 4) is 0 Å². The molecular formula is CH6O2P2. The third kappa shape index (κ3) is 369. The van der Waals surface area contributed by atoms with Crippen LogP contribution in [0.15, 0.2) is 0 Å². The van der Waals surface area contributed by atoms with E-state index in [4.69, 9.17) is 9.59 Å². The molecule has 2 atom stereocenters. The first-order valence-corrected chi connectivity index (χ1v) is 0.408. The average Bonchev–Trinajstić information content (AvgIpc) is 0.918. The van der Waals surface area contributed by atoms with Gasteiger partial charge in [0, 0.05) is 0 Å². The highest BCUT2D eigenvalue weighted by Gasteiger charge is 1.13. The average molecular weight is 112 g/mol. The van der Waals surface area contributed by atoms with Crippen LogP contribution in [0.4, 0.5) is 0 Å². The first-order valence-electron chi connectivity index (χ1n) is 0.408. The second-order valence-corrected chi connectivity index (χ2v) is 0.0833. The molecule has 2 nitrogen and oxygen atoms in total. The lowest BCUT2D eigenvalue weighted by atomic mass is 11.8. The zero-order valence-electron chi connectivity index (χ0n) is 2.73. The Bertz CT molecular complexity index is 28.6. The lowest BCUT2D eigenvalue weighted by Gasteiger charge is -0.945. The highest BCUT2D eigenvalue weighted by molar-refractivity contribution is 6.92. The van der Waals surface area contributed by atoms with Gasteiger partial charge in [0.05, 0.1) is 0 Å². The highest BCUT2D eigenvalue weighted by atomic mass is 31.0. The molecule has 0 aromatic heterocycles. The van der Waals surface area contributed by atoms with E-state index in [-0.39, 0.29) is 25.9 Å². The molecule has 2 unspecified atom stereocenters. The largest absolute Gasteiger partial charge is 0.373 e. The SMILES string of the molecule is O=C=O.P.P. The molecule has 4 heteroatoms. The number of rotatable bonds is 0. The minimum atomic E-state index is 0. The van der Waals surface area contributed by atoms with Gasteiger partial charge in [-0.3, -0.25) is 0 Å². The molecule has 0 bridgehead atoms. The quantitative estimate of drug-likeness (QED) is 0.397. The van der Waals surface area contributed by atoms with Gasteiger partial charge in [0.15, 0.2) is 0 Å². The first-order chi connectivity index (χ1) is 1.41. The molecule has 0 aliphatic heterocycles. The van der Waals surface area contributed by atoms with Crippen LogP contribution >= 0.6 is 19.8 Å². The molecule has 0 heterocycles. The minimum Gasteiger partial charge on any atom is -0.186 e. The molecule has 32 valence electrons. The molecule has 0 radical (unpaired) electrons. The van der Waals surface area contributed by atoms with Crippen LogP contribution in [0.2, 0.25) is 0 Å². The lowest BCUT2D eigenvalue weighted by Crippen LogP contribution is -1.22. The standard InChI is InChI=1S/CO2.2H3P/c2-1-3;;/h;2*1H3. The maximum atomic E-state index is 8.12. The summed E-state index contributed by atoms with van der Waals surface area (Å²) in [7, 11) is 0. The zero-order chi connectivity index (χ0) is 2.71. The third-order valence-corrected chi connectivity index (χ3v) is 0. The van der Waals surface area contributed by atoms with Crippen LogP contribution in [-0.4, -0.2) is 6.15 Å². The van der Waals surface area contributed by atoms with Crippen molar-refractivity contribution in [1.29, 1.82) is 0 Å². The Morgan fingerprint density at radius 3 is 1.00 bits per heavy atom. The molecule has 0 saturated heterocycles. The summed E-state index contributed by atoms with van der Waals surface area (Å²) in [6, 6.07) is 0. The van der Waals surface area contributed by atoms with E-state index in [0.717, 1.165) is 0 Å². The molecule has 0 spiro atoms. The van der Waals surface area contributed by atoms with E-state index in [2.05, 4.69) is 0 Å². The van der Waals surface area contributed by atoms with Gasteiger partial charge in [-0.05, 0) is 0 Å². The topological polar surface area (TPSA) is 34.1 Å². The van der Waals surface area contributed by atoms with Crippen LogP contribution in [0.5, 0.6) is 0 Å². The van der Waals surface area contributed by atoms with Crippen LogP contribution < -0.4 is 0 Å². The molecule has 0 aliphatic rings. The molecule has 0 aromatic carbocycles. The number of carbonyl (C=O) groups excluding carboxylic acids is 2. The van der Waals surface area contributed by atoms with Gasteiger partial charge in [-0.2, -0.15) is 29.4 Å². The van der Waals surface area contributed by atoms with Crippen molar-refractivity contribution in [2.24, 2.45) is 0 Å². The summed E-state index contributed by atoms with van der Waals surface area (Å²) in [4.78, 5) is 16.2. The highest BCUT2D eigenvalue weighted by Crippen LogP contribution is 0.862. The summed E-state index contributed by atoms with van der Waals surface area (Å²) < 4.78 is 0. The van der Waals surface area contributed by atoms with Gasteiger partial charge in [-0.15, -0.1) is 0 Å². The summed E-state index contributed by atoms with van der Waals surface area (Å²) in [6.07, 6.45) is 0.250. The van der Waals surface area contributed by atoms with Crippen molar-refractivity contribution in [3.05, 3.63) is 0 Å². The van der Waals surface area contributed by atoms with Gasteiger partial charge >= 0.3 is 6.15 Å². The van der Waals surface area contributed by atoms with Crippen molar-refractivity contribution in [2.45, 2.75) is 0 Å². The number of hydrogen-bond acceptors (Lipinski definition) is 2. The summed E-state index contributed by atoms with van der Waals surface area (Å²) >= 11 is 0. The molecule has 0 fully saturated rings. The Labute approximate surface area is 36.6 Å². The normalized spacial score (nSPS) is 1.60. The Hall–Kier alpha value is 0.240. The predicted molar refractivity (Wildman–Crippen MR) is 27.2 cm³/mol. The fourth-order valence-corrected chi connectivity index (χ4v) is 0. The van der Waals surface area contributed by atoms with Crippen LogP contribution in [0.25, 0.3) is 0 Å². The Balaban J connectivity index is -0.0000000200. The summed E-state index contributed by atoms with van der Waals surface area (Å²) in [5, 5.41) is 0. The maximum absolute atomic E-state index is 8.12. The van der Waals surface area contributed by atoms with Gasteiger partial charge in [0.25, 0.3) is 0 Å². The van der Waals surface area contributed by atoms with Crippen molar-refractivity contribution in [3.63, 3.8) is 0 Å². The van der Waals surface area contributed by atoms with Crippen LogP contribution in [0.1, 0.15) is 0 Å². The third-order valence-electron chi connectivity index (χ3n) is 0. The number of hydrogen-bond donors (Lipinski definition) is 0. The first kappa shape index (κ1) is 18.8. The van der Waals surface area contributed by atoms with Crippen LogP contribution in [0, 0.1) is 0 Å². The van der Waals surface area contributed by atoms with Crippen molar-refractivity contribution in [1.82, 2.24) is 0 Å². The van der Waals surface area contributed by atoms with Crippen LogP contribution in [-0.2, 0) is 9.59 Å². The van der Waals surface area contributed by atoms with Gasteiger partial charge in [-0.1, -0.05) is 0 Å². The molecule has 0 rings (SSSR count). The van der Waals surface area contributed by atoms with Gasteiger partial charge in [-0.25, -0.2) is 0 Å². The minimum absolute atomic E-state index is 0. The summed E-state index contributed by atoms with van der Waals surface area (Å²) in [5.41, 5.74) is 0.